The maximum Gasteiger partial charge on any atom is 0.291 e. The number of aromatic nitrogens is 4. The average Bonchev–Trinajstić information content (AvgIpc) is 2.89. The van der Waals surface area contributed by atoms with E-state index in [1.807, 2.05) is 6.92 Å². The number of nitrogens with one attached hydrogen (secondary N) is 1. The number of nitrogens with zero attached hydrogens (tertiary/aromatic N) is 4. The quantitative estimate of drug-likeness (QED) is 0.807. The minimum absolute atomic E-state index is 0.0455. The third kappa shape index (κ3) is 2.17. The molecule has 0 spiro atoms. The molecule has 1 amide bonds. The SMILES string of the molecule is Cc1noc(C)c1CN(C)C(=O)c1nc(N)n[nH]1. The first-order chi connectivity index (χ1) is 8.49. The molecule has 3 N–H and O–H groups in total. The number of hydrogen-bond acceptors (Lipinski definition) is 6. The van der Waals surface area contributed by atoms with Crippen LogP contribution in [-0.2, 0) is 6.54 Å². The summed E-state index contributed by atoms with van der Waals surface area (Å²) in [5, 5.41) is 9.93. The maximum absolute atomic E-state index is 12.0. The lowest BCUT2D eigenvalue weighted by molar-refractivity contribution is 0.0773. The van der Waals surface area contributed by atoms with Crippen LogP contribution in [0.4, 0.5) is 5.95 Å². The van der Waals surface area contributed by atoms with Crippen LogP contribution in [0.15, 0.2) is 4.52 Å². The molecule has 2 heterocycles. The molecule has 0 aromatic carbocycles. The Labute approximate surface area is 103 Å². The van der Waals surface area contributed by atoms with Gasteiger partial charge in [0.25, 0.3) is 5.91 Å². The molecule has 0 fully saturated rings. The van der Waals surface area contributed by atoms with Crippen molar-refractivity contribution in [3.63, 3.8) is 0 Å². The summed E-state index contributed by atoms with van der Waals surface area (Å²) in [7, 11) is 1.66. The number of carbonyl (C=O) groups is 1. The lowest BCUT2D eigenvalue weighted by atomic mass is 10.2. The number of amides is 1. The van der Waals surface area contributed by atoms with Gasteiger partial charge in [-0.2, -0.15) is 4.98 Å². The normalized spacial score (nSPS) is 10.6. The highest BCUT2D eigenvalue weighted by Crippen LogP contribution is 2.15. The zero-order valence-electron chi connectivity index (χ0n) is 10.4. The highest BCUT2D eigenvalue weighted by atomic mass is 16.5. The second-order valence-electron chi connectivity index (χ2n) is 4.01. The number of anilines is 1. The molecular formula is C10H14N6O2. The van der Waals surface area contributed by atoms with Crippen molar-refractivity contribution in [2.75, 3.05) is 12.8 Å². The second-order valence-corrected chi connectivity index (χ2v) is 4.01. The first kappa shape index (κ1) is 12.1. The van der Waals surface area contributed by atoms with Crippen molar-refractivity contribution in [1.29, 1.82) is 0 Å². The van der Waals surface area contributed by atoms with Crippen LogP contribution in [0.1, 0.15) is 27.6 Å². The van der Waals surface area contributed by atoms with E-state index in [1.165, 1.54) is 4.90 Å². The van der Waals surface area contributed by atoms with Crippen molar-refractivity contribution in [1.82, 2.24) is 25.2 Å². The molecule has 2 aromatic heterocycles. The summed E-state index contributed by atoms with van der Waals surface area (Å²) in [6, 6.07) is 0. The maximum atomic E-state index is 12.0. The van der Waals surface area contributed by atoms with Gasteiger partial charge in [0.2, 0.25) is 11.8 Å². The zero-order chi connectivity index (χ0) is 13.3. The van der Waals surface area contributed by atoms with Crippen molar-refractivity contribution in [2.45, 2.75) is 20.4 Å². The second kappa shape index (κ2) is 4.47. The summed E-state index contributed by atoms with van der Waals surface area (Å²) in [5.41, 5.74) is 7.01. The lowest BCUT2D eigenvalue weighted by Crippen LogP contribution is -2.27. The van der Waals surface area contributed by atoms with Crippen LogP contribution in [-0.4, -0.2) is 38.2 Å². The molecule has 0 radical (unpaired) electrons. The molecule has 0 atom stereocenters. The van der Waals surface area contributed by atoms with Gasteiger partial charge < -0.3 is 15.2 Å². The number of aryl methyl sites for hydroxylation is 2. The molecule has 96 valence electrons. The predicted molar refractivity (Wildman–Crippen MR) is 62.6 cm³/mol. The number of H-pyrrole nitrogens is 1. The molecule has 2 aromatic rings. The Bertz CT molecular complexity index is 553. The molecule has 0 saturated heterocycles. The highest BCUT2D eigenvalue weighted by molar-refractivity contribution is 5.90. The van der Waals surface area contributed by atoms with Crippen molar-refractivity contribution >= 4 is 11.9 Å². The van der Waals surface area contributed by atoms with Gasteiger partial charge in [-0.15, -0.1) is 5.10 Å². The third-order valence-corrected chi connectivity index (χ3v) is 2.63. The van der Waals surface area contributed by atoms with E-state index in [4.69, 9.17) is 10.3 Å². The Morgan fingerprint density at radius 3 is 2.72 bits per heavy atom. The Hall–Kier alpha value is -2.38. The van der Waals surface area contributed by atoms with E-state index in [1.54, 1.807) is 14.0 Å². The van der Waals surface area contributed by atoms with Crippen molar-refractivity contribution in [2.24, 2.45) is 0 Å². The largest absolute Gasteiger partial charge is 0.366 e. The van der Waals surface area contributed by atoms with Gasteiger partial charge in [0.1, 0.15) is 5.76 Å². The molecule has 18 heavy (non-hydrogen) atoms. The van der Waals surface area contributed by atoms with Crippen LogP contribution in [0.5, 0.6) is 0 Å². The summed E-state index contributed by atoms with van der Waals surface area (Å²) >= 11 is 0. The smallest absolute Gasteiger partial charge is 0.291 e. The van der Waals surface area contributed by atoms with Gasteiger partial charge >= 0.3 is 0 Å². The monoisotopic (exact) mass is 250 g/mol. The van der Waals surface area contributed by atoms with Crippen molar-refractivity contribution in [3.05, 3.63) is 22.8 Å². The van der Waals surface area contributed by atoms with Crippen LogP contribution in [0.25, 0.3) is 0 Å². The van der Waals surface area contributed by atoms with Gasteiger partial charge in [-0.1, -0.05) is 5.16 Å². The number of nitrogens with two attached hydrogens (primary N) is 1. The van der Waals surface area contributed by atoms with Gasteiger partial charge in [0, 0.05) is 12.6 Å². The summed E-state index contributed by atoms with van der Waals surface area (Å²) in [6.07, 6.45) is 0. The molecule has 8 heteroatoms. The van der Waals surface area contributed by atoms with Gasteiger partial charge in [-0.05, 0) is 13.8 Å². The van der Waals surface area contributed by atoms with E-state index < -0.39 is 0 Å². The first-order valence-corrected chi connectivity index (χ1v) is 5.34. The van der Waals surface area contributed by atoms with Crippen LogP contribution in [0, 0.1) is 13.8 Å². The number of carbonyl (C=O) groups excluding carboxylic acids is 1. The fraction of sp³-hybridized carbons (Fsp3) is 0.400. The summed E-state index contributed by atoms with van der Waals surface area (Å²) in [4.78, 5) is 17.3. The number of rotatable bonds is 3. The summed E-state index contributed by atoms with van der Waals surface area (Å²) in [6.45, 7) is 4.03. The Kier molecular flexibility index (Phi) is 3.00. The highest BCUT2D eigenvalue weighted by Gasteiger charge is 2.19. The fourth-order valence-corrected chi connectivity index (χ4v) is 1.59. The van der Waals surface area contributed by atoms with E-state index in [9.17, 15) is 4.79 Å². The lowest BCUT2D eigenvalue weighted by Gasteiger charge is -2.14. The molecule has 2 rings (SSSR count). The third-order valence-electron chi connectivity index (χ3n) is 2.63. The first-order valence-electron chi connectivity index (χ1n) is 5.34. The minimum Gasteiger partial charge on any atom is -0.366 e. The topological polar surface area (TPSA) is 114 Å². The van der Waals surface area contributed by atoms with E-state index in [0.29, 0.717) is 12.3 Å². The van der Waals surface area contributed by atoms with E-state index in [0.717, 1.165) is 11.3 Å². The Balaban J connectivity index is 2.13. The molecule has 0 aliphatic rings. The van der Waals surface area contributed by atoms with E-state index in [-0.39, 0.29) is 17.7 Å². The Morgan fingerprint density at radius 2 is 2.22 bits per heavy atom. The molecule has 0 aliphatic heterocycles. The van der Waals surface area contributed by atoms with Crippen molar-refractivity contribution < 1.29 is 9.32 Å². The van der Waals surface area contributed by atoms with Gasteiger partial charge in [-0.25, -0.2) is 0 Å². The number of aromatic amines is 1. The van der Waals surface area contributed by atoms with Gasteiger partial charge in [-0.3, -0.25) is 9.89 Å². The molecule has 8 nitrogen and oxygen atoms in total. The Morgan fingerprint density at radius 1 is 1.50 bits per heavy atom. The van der Waals surface area contributed by atoms with Crippen LogP contribution >= 0.6 is 0 Å². The minimum atomic E-state index is -0.292. The van der Waals surface area contributed by atoms with Crippen LogP contribution in [0.2, 0.25) is 0 Å². The molecule has 0 unspecified atom stereocenters. The molecular weight excluding hydrogens is 236 g/mol. The molecule has 0 saturated carbocycles. The predicted octanol–water partition coefficient (Wildman–Crippen LogP) is 0.264. The standard InChI is InChI=1S/C10H14N6O2/c1-5-7(6(2)18-15-5)4-16(3)9(17)8-12-10(11)14-13-8/h4H2,1-3H3,(H3,11,12,13,14). The fourth-order valence-electron chi connectivity index (χ4n) is 1.59. The van der Waals surface area contributed by atoms with E-state index in [2.05, 4.69) is 20.3 Å². The van der Waals surface area contributed by atoms with Gasteiger partial charge in [0.15, 0.2) is 0 Å². The zero-order valence-corrected chi connectivity index (χ0v) is 10.4. The van der Waals surface area contributed by atoms with Gasteiger partial charge in [0.05, 0.1) is 12.2 Å². The number of nitrogen functional groups attached to an aromatic ring is 1. The number of hydrogen-bond donors (Lipinski definition) is 2. The molecule has 0 bridgehead atoms. The van der Waals surface area contributed by atoms with Crippen molar-refractivity contribution in [3.8, 4) is 0 Å². The summed E-state index contributed by atoms with van der Waals surface area (Å²) in [5.74, 6) is 0.564. The molecule has 0 aliphatic carbocycles. The summed E-state index contributed by atoms with van der Waals surface area (Å²) < 4.78 is 5.04. The average molecular weight is 250 g/mol. The van der Waals surface area contributed by atoms with E-state index >= 15 is 0 Å². The van der Waals surface area contributed by atoms with Crippen LogP contribution < -0.4 is 5.73 Å². The van der Waals surface area contributed by atoms with Crippen LogP contribution in [0.3, 0.4) is 0 Å².